The van der Waals surface area contributed by atoms with E-state index < -0.39 is 95.3 Å². The Balaban J connectivity index is 1.15. The van der Waals surface area contributed by atoms with E-state index in [2.05, 4.69) is 0 Å². The number of hydrogen-bond acceptors (Lipinski definition) is 16. The average molecular weight is 823 g/mol. The average Bonchev–Trinajstić information content (AvgIpc) is 3.80. The second-order valence-electron chi connectivity index (χ2n) is 17.6. The normalized spacial score (nSPS) is 38.4. The number of carbonyl (C=O) groups excluding carboxylic acids is 2. The van der Waals surface area contributed by atoms with E-state index >= 15 is 0 Å². The number of nitrogens with zero attached hydrogens (tertiary/aromatic N) is 1. The summed E-state index contributed by atoms with van der Waals surface area (Å²) in [5, 5.41) is 43.1. The number of phenols is 1. The molecule has 4 saturated heterocycles. The number of likely N-dealkylation sites (N-methyl/N-ethyl adjacent to an activating group) is 1. The lowest BCUT2D eigenvalue weighted by Gasteiger charge is -2.46. The molecule has 0 bridgehead atoms. The standard InChI is InChI=1S/C43H54N2O14/c1-17-35(48)27(47)14-30(55-17)58-39-18(2)54-28(12-25(39)45(7)8)22-9-10-23-33(37(22)50)38(51)34-24(36(23)49)11-21(16-53-31-15-42(5,44)41(52)19(3)56-31)32-26(46)13-29(57-40(32)34)43(6)20(4)59-43/h9-11,13,17-20,25,27-28,30-31,35,39,41,47-48,50,52H,12,14-16,44H2,1-8H3/t17-,18-,19+,20?,25-,27-,28+,30-,31+,35+,39+,41-,42-,43?/m0/s1. The zero-order chi connectivity index (χ0) is 42.6. The fourth-order valence-electron chi connectivity index (χ4n) is 9.24. The summed E-state index contributed by atoms with van der Waals surface area (Å²) in [6.45, 7) is 10.2. The van der Waals surface area contributed by atoms with Crippen molar-refractivity contribution in [3.63, 3.8) is 0 Å². The van der Waals surface area contributed by atoms with E-state index in [0.717, 1.165) is 0 Å². The van der Waals surface area contributed by atoms with Crippen LogP contribution >= 0.6 is 0 Å². The van der Waals surface area contributed by atoms with Gasteiger partial charge in [-0.15, -0.1) is 0 Å². The van der Waals surface area contributed by atoms with Crippen LogP contribution < -0.4 is 11.2 Å². The number of ether oxygens (including phenoxy) is 6. The number of benzene rings is 2. The highest BCUT2D eigenvalue weighted by atomic mass is 16.7. The third kappa shape index (κ3) is 7.15. The van der Waals surface area contributed by atoms with Crippen LogP contribution in [0.5, 0.6) is 5.75 Å². The van der Waals surface area contributed by atoms with Gasteiger partial charge in [0.1, 0.15) is 29.3 Å². The van der Waals surface area contributed by atoms with E-state index in [1.54, 1.807) is 33.8 Å². The Kier molecular flexibility index (Phi) is 10.7. The minimum atomic E-state index is -1.03. The van der Waals surface area contributed by atoms with Crippen LogP contribution in [-0.4, -0.2) is 124 Å². The van der Waals surface area contributed by atoms with E-state index in [9.17, 15) is 34.8 Å². The topological polar surface area (TPSA) is 233 Å². The maximum atomic E-state index is 14.8. The van der Waals surface area contributed by atoms with Crippen molar-refractivity contribution in [2.75, 3.05) is 14.1 Å². The Hall–Kier alpha value is -3.65. The number of ketones is 2. The lowest BCUT2D eigenvalue weighted by Crippen LogP contribution is -2.60. The first kappa shape index (κ1) is 42.1. The monoisotopic (exact) mass is 822 g/mol. The number of nitrogens with two attached hydrogens (primary N) is 1. The smallest absolute Gasteiger partial charge is 0.202 e. The summed E-state index contributed by atoms with van der Waals surface area (Å²) in [5.74, 6) is -1.53. The molecular weight excluding hydrogens is 768 g/mol. The van der Waals surface area contributed by atoms with Crippen LogP contribution in [0.3, 0.4) is 0 Å². The van der Waals surface area contributed by atoms with Gasteiger partial charge in [-0.1, -0.05) is 6.07 Å². The van der Waals surface area contributed by atoms with Gasteiger partial charge in [0.2, 0.25) is 5.78 Å². The van der Waals surface area contributed by atoms with Crippen LogP contribution in [-0.2, 0) is 40.6 Å². The van der Waals surface area contributed by atoms with Crippen LogP contribution in [0, 0.1) is 0 Å². The van der Waals surface area contributed by atoms with Crippen LogP contribution in [0.4, 0.5) is 0 Å². The Morgan fingerprint density at radius 1 is 0.881 bits per heavy atom. The second-order valence-corrected chi connectivity index (χ2v) is 17.6. The quantitative estimate of drug-likeness (QED) is 0.161. The molecule has 0 spiro atoms. The van der Waals surface area contributed by atoms with Gasteiger partial charge >= 0.3 is 0 Å². The first-order chi connectivity index (χ1) is 27.7. The number of epoxide rings is 1. The molecule has 1 aromatic heterocycles. The predicted octanol–water partition coefficient (Wildman–Crippen LogP) is 2.66. The van der Waals surface area contributed by atoms with Gasteiger partial charge in [0, 0.05) is 47.2 Å². The summed E-state index contributed by atoms with van der Waals surface area (Å²) in [6.07, 6.45) is -7.48. The maximum Gasteiger partial charge on any atom is 0.202 e. The lowest BCUT2D eigenvalue weighted by molar-refractivity contribution is -0.287. The number of carbonyl (C=O) groups is 2. The zero-order valence-corrected chi connectivity index (χ0v) is 34.5. The van der Waals surface area contributed by atoms with Gasteiger partial charge in [0.25, 0.3) is 0 Å². The maximum absolute atomic E-state index is 14.8. The van der Waals surface area contributed by atoms with Gasteiger partial charge in [-0.3, -0.25) is 14.4 Å². The predicted molar refractivity (Wildman–Crippen MR) is 209 cm³/mol. The second kappa shape index (κ2) is 15.1. The van der Waals surface area contributed by atoms with Crippen molar-refractivity contribution < 1.29 is 62.9 Å². The Labute approximate surface area is 341 Å². The van der Waals surface area contributed by atoms with Crippen molar-refractivity contribution in [1.82, 2.24) is 4.90 Å². The van der Waals surface area contributed by atoms with E-state index in [1.807, 2.05) is 32.8 Å². The molecule has 0 amide bonds. The molecule has 320 valence electrons. The van der Waals surface area contributed by atoms with Crippen LogP contribution in [0.25, 0.3) is 11.0 Å². The molecule has 1 aliphatic carbocycles. The summed E-state index contributed by atoms with van der Waals surface area (Å²) in [4.78, 5) is 45.3. The van der Waals surface area contributed by atoms with E-state index in [4.69, 9.17) is 38.6 Å². The Bertz CT molecular complexity index is 2230. The molecule has 16 nitrogen and oxygen atoms in total. The minimum absolute atomic E-state index is 0.0201. The molecule has 4 fully saturated rings. The van der Waals surface area contributed by atoms with Gasteiger partial charge in [-0.05, 0) is 79.8 Å². The van der Waals surface area contributed by atoms with E-state index in [-0.39, 0.29) is 81.7 Å². The van der Waals surface area contributed by atoms with Crippen molar-refractivity contribution in [3.8, 4) is 5.75 Å². The largest absolute Gasteiger partial charge is 0.507 e. The Morgan fingerprint density at radius 3 is 2.22 bits per heavy atom. The number of phenolic OH excluding ortho intramolecular Hbond substituents is 1. The number of aliphatic hydroxyl groups is 3. The zero-order valence-electron chi connectivity index (χ0n) is 34.5. The van der Waals surface area contributed by atoms with Gasteiger partial charge in [-0.25, -0.2) is 0 Å². The lowest BCUT2D eigenvalue weighted by atomic mass is 9.79. The molecule has 2 unspecified atom stereocenters. The molecule has 4 aliphatic heterocycles. The van der Waals surface area contributed by atoms with Crippen LogP contribution in [0.15, 0.2) is 33.5 Å². The highest BCUT2D eigenvalue weighted by molar-refractivity contribution is 6.32. The number of rotatable bonds is 8. The van der Waals surface area contributed by atoms with Crippen molar-refractivity contribution in [2.24, 2.45) is 5.73 Å². The van der Waals surface area contributed by atoms with E-state index in [0.29, 0.717) is 6.42 Å². The molecule has 3 aromatic rings. The summed E-state index contributed by atoms with van der Waals surface area (Å²) in [7, 11) is 3.76. The van der Waals surface area contributed by atoms with Gasteiger partial charge in [-0.2, -0.15) is 0 Å². The molecule has 0 saturated carbocycles. The highest BCUT2D eigenvalue weighted by Crippen LogP contribution is 2.48. The Morgan fingerprint density at radius 2 is 1.58 bits per heavy atom. The molecular formula is C43H54N2O14. The van der Waals surface area contributed by atoms with E-state index in [1.165, 1.54) is 18.2 Å². The van der Waals surface area contributed by atoms with Crippen molar-refractivity contribution >= 4 is 22.5 Å². The summed E-state index contributed by atoms with van der Waals surface area (Å²) >= 11 is 0. The first-order valence-corrected chi connectivity index (χ1v) is 20.2. The van der Waals surface area contributed by atoms with Crippen LogP contribution in [0.1, 0.15) is 116 Å². The summed E-state index contributed by atoms with van der Waals surface area (Å²) < 4.78 is 42.9. The number of aliphatic hydroxyl groups excluding tert-OH is 3. The molecule has 5 aliphatic rings. The fraction of sp³-hybridized carbons (Fsp3) is 0.605. The molecule has 16 heteroatoms. The fourth-order valence-corrected chi connectivity index (χ4v) is 9.24. The van der Waals surface area contributed by atoms with Crippen LogP contribution in [0.2, 0.25) is 0 Å². The summed E-state index contributed by atoms with van der Waals surface area (Å²) in [6, 6.07) is 5.57. The third-order valence-corrected chi connectivity index (χ3v) is 13.1. The number of hydrogen-bond donors (Lipinski definition) is 5. The third-order valence-electron chi connectivity index (χ3n) is 13.1. The van der Waals surface area contributed by atoms with Crippen molar-refractivity contribution in [3.05, 3.63) is 73.6 Å². The molecule has 8 rings (SSSR count). The van der Waals surface area contributed by atoms with Gasteiger partial charge < -0.3 is 63.9 Å². The molecule has 6 N–H and O–H groups in total. The molecule has 14 atom stereocenters. The van der Waals surface area contributed by atoms with Gasteiger partial charge in [0.15, 0.2) is 29.4 Å². The van der Waals surface area contributed by atoms with Crippen molar-refractivity contribution in [1.29, 1.82) is 0 Å². The van der Waals surface area contributed by atoms with Crippen molar-refractivity contribution in [2.45, 2.75) is 152 Å². The summed E-state index contributed by atoms with van der Waals surface area (Å²) in [5.41, 5.74) is 3.87. The SMILES string of the molecule is CC1OC1(C)c1cc(=O)c2c(CO[C@H]3C[C@](C)(N)[C@@H](O)[C@@H](C)O3)cc3c(c2o1)C(=O)c1c(ccc([C@H]2C[C@H](N(C)C)[C@H](O[C@H]4C[C@H](O)[C@H](O)[C@H](C)O4)[C@H](C)O2)c1O)C3=O. The minimum Gasteiger partial charge on any atom is -0.507 e. The number of aromatic hydroxyl groups is 1. The highest BCUT2D eigenvalue weighted by Gasteiger charge is 2.53. The van der Waals surface area contributed by atoms with Gasteiger partial charge in [0.05, 0.1) is 65.8 Å². The molecule has 2 aromatic carbocycles. The number of fused-ring (bicyclic) bond motifs is 4. The molecule has 0 radical (unpaired) electrons. The molecule has 5 heterocycles. The first-order valence-electron chi connectivity index (χ1n) is 20.2. The molecule has 59 heavy (non-hydrogen) atoms.